The number of rotatable bonds is 4. The van der Waals surface area contributed by atoms with Gasteiger partial charge in [0, 0.05) is 38.2 Å². The van der Waals surface area contributed by atoms with Gasteiger partial charge in [-0.25, -0.2) is 9.97 Å². The lowest BCUT2D eigenvalue weighted by Crippen LogP contribution is -2.03. The molecule has 0 aliphatic heterocycles. The lowest BCUT2D eigenvalue weighted by Gasteiger charge is -2.13. The first kappa shape index (κ1) is 26.7. The van der Waals surface area contributed by atoms with Gasteiger partial charge in [0.1, 0.15) is 0 Å². The normalized spacial score (nSPS) is 11.8. The SMILES string of the molecule is c1ccc(-c2cccc(-c3nc(-n4c5ccccc5c5cc6c(cc54)c4ccccc4n6-c4ccccc4)nc4ccccc34)c2)cc1. The van der Waals surface area contributed by atoms with Crippen LogP contribution in [0.4, 0.5) is 0 Å². The molecule has 3 heterocycles. The van der Waals surface area contributed by atoms with Crippen LogP contribution in [0.2, 0.25) is 0 Å². The maximum absolute atomic E-state index is 5.39. The summed E-state index contributed by atoms with van der Waals surface area (Å²) in [6.45, 7) is 0. The quantitative estimate of drug-likeness (QED) is 0.198. The lowest BCUT2D eigenvalue weighted by atomic mass is 10.00. The standard InChI is InChI=1S/C44H28N4/c1-3-14-29(15-4-1)30-16-13-17-31(26-30)43-35-22-7-10-23-38(35)45-44(46-43)48-40-25-12-9-21-34(40)37-27-41-36(28-42(37)48)33-20-8-11-24-39(33)47(41)32-18-5-2-6-19-32/h1-28H. The van der Waals surface area contributed by atoms with Crippen molar-refractivity contribution < 1.29 is 0 Å². The summed E-state index contributed by atoms with van der Waals surface area (Å²) in [5, 5.41) is 5.78. The second kappa shape index (κ2) is 10.5. The maximum Gasteiger partial charge on any atom is 0.235 e. The molecule has 0 fully saturated rings. The molecule has 4 heteroatoms. The van der Waals surface area contributed by atoms with Crippen LogP contribution in [-0.2, 0) is 0 Å². The Balaban J connectivity index is 1.28. The molecule has 0 atom stereocenters. The fourth-order valence-corrected chi connectivity index (χ4v) is 7.36. The van der Waals surface area contributed by atoms with Crippen LogP contribution in [-0.4, -0.2) is 19.1 Å². The Kier molecular flexibility index (Phi) is 5.84. The molecule has 0 saturated heterocycles. The molecule has 0 unspecified atom stereocenters. The molecule has 10 rings (SSSR count). The lowest BCUT2D eigenvalue weighted by molar-refractivity contribution is 1.01. The zero-order chi connectivity index (χ0) is 31.6. The summed E-state index contributed by atoms with van der Waals surface area (Å²) in [6, 6.07) is 60.1. The van der Waals surface area contributed by atoms with E-state index < -0.39 is 0 Å². The topological polar surface area (TPSA) is 35.6 Å². The van der Waals surface area contributed by atoms with E-state index >= 15 is 0 Å². The molecule has 0 N–H and O–H groups in total. The second-order valence-corrected chi connectivity index (χ2v) is 12.3. The van der Waals surface area contributed by atoms with Gasteiger partial charge in [-0.2, -0.15) is 0 Å². The van der Waals surface area contributed by atoms with Gasteiger partial charge in [-0.1, -0.05) is 121 Å². The van der Waals surface area contributed by atoms with E-state index in [-0.39, 0.29) is 0 Å². The molecule has 3 aromatic heterocycles. The molecule has 0 radical (unpaired) electrons. The van der Waals surface area contributed by atoms with Gasteiger partial charge in [-0.05, 0) is 59.7 Å². The summed E-state index contributed by atoms with van der Waals surface area (Å²) in [5.41, 5.74) is 10.9. The third-order valence-electron chi connectivity index (χ3n) is 9.52. The van der Waals surface area contributed by atoms with Crippen LogP contribution in [0.15, 0.2) is 170 Å². The van der Waals surface area contributed by atoms with Crippen molar-refractivity contribution >= 4 is 54.5 Å². The van der Waals surface area contributed by atoms with Crippen molar-refractivity contribution in [2.45, 2.75) is 0 Å². The minimum absolute atomic E-state index is 0.658. The molecule has 0 amide bonds. The van der Waals surface area contributed by atoms with Gasteiger partial charge < -0.3 is 4.57 Å². The number of hydrogen-bond acceptors (Lipinski definition) is 2. The van der Waals surface area contributed by atoms with Crippen molar-refractivity contribution in [2.24, 2.45) is 0 Å². The van der Waals surface area contributed by atoms with Crippen LogP contribution in [0.25, 0.3) is 88.5 Å². The predicted molar refractivity (Wildman–Crippen MR) is 199 cm³/mol. The van der Waals surface area contributed by atoms with Crippen LogP contribution < -0.4 is 0 Å². The van der Waals surface area contributed by atoms with E-state index in [4.69, 9.17) is 9.97 Å². The van der Waals surface area contributed by atoms with E-state index in [1.807, 2.05) is 0 Å². The van der Waals surface area contributed by atoms with Crippen LogP contribution in [0.3, 0.4) is 0 Å². The van der Waals surface area contributed by atoms with Crippen molar-refractivity contribution in [1.29, 1.82) is 0 Å². The summed E-state index contributed by atoms with van der Waals surface area (Å²) in [4.78, 5) is 10.6. The molecular weight excluding hydrogens is 585 g/mol. The minimum Gasteiger partial charge on any atom is -0.309 e. The Hall–Kier alpha value is -6.52. The summed E-state index contributed by atoms with van der Waals surface area (Å²) >= 11 is 0. The first-order valence-corrected chi connectivity index (χ1v) is 16.3. The predicted octanol–water partition coefficient (Wildman–Crippen LogP) is 11.2. The number of para-hydroxylation sites is 4. The molecule has 0 aliphatic carbocycles. The minimum atomic E-state index is 0.658. The van der Waals surface area contributed by atoms with E-state index in [0.717, 1.165) is 44.4 Å². The van der Waals surface area contributed by atoms with Gasteiger partial charge in [-0.15, -0.1) is 0 Å². The van der Waals surface area contributed by atoms with Crippen LogP contribution >= 0.6 is 0 Å². The highest BCUT2D eigenvalue weighted by molar-refractivity contribution is 6.19. The van der Waals surface area contributed by atoms with E-state index in [1.54, 1.807) is 0 Å². The maximum atomic E-state index is 5.39. The van der Waals surface area contributed by atoms with Gasteiger partial charge in [-0.3, -0.25) is 4.57 Å². The van der Waals surface area contributed by atoms with Crippen molar-refractivity contribution in [3.63, 3.8) is 0 Å². The third kappa shape index (κ3) is 4.03. The molecule has 7 aromatic carbocycles. The van der Waals surface area contributed by atoms with Gasteiger partial charge in [0.05, 0.1) is 33.3 Å². The molecule has 0 aliphatic rings. The van der Waals surface area contributed by atoms with Crippen molar-refractivity contribution in [3.8, 4) is 34.0 Å². The number of aromatic nitrogens is 4. The zero-order valence-corrected chi connectivity index (χ0v) is 26.0. The smallest absolute Gasteiger partial charge is 0.235 e. The zero-order valence-electron chi connectivity index (χ0n) is 26.0. The third-order valence-corrected chi connectivity index (χ3v) is 9.52. The van der Waals surface area contributed by atoms with Crippen LogP contribution in [0.5, 0.6) is 0 Å². The summed E-state index contributed by atoms with van der Waals surface area (Å²) in [6.07, 6.45) is 0. The van der Waals surface area contributed by atoms with Crippen molar-refractivity contribution in [1.82, 2.24) is 19.1 Å². The Morgan fingerprint density at radius 1 is 0.333 bits per heavy atom. The van der Waals surface area contributed by atoms with Gasteiger partial charge in [0.25, 0.3) is 0 Å². The summed E-state index contributed by atoms with van der Waals surface area (Å²) in [5.74, 6) is 0.658. The molecule has 224 valence electrons. The Labute approximate surface area is 276 Å². The molecule has 0 saturated carbocycles. The van der Waals surface area contributed by atoms with E-state index in [1.165, 1.54) is 38.1 Å². The number of fused-ring (bicyclic) bond motifs is 7. The van der Waals surface area contributed by atoms with Gasteiger partial charge in [0.2, 0.25) is 5.95 Å². The Morgan fingerprint density at radius 2 is 0.875 bits per heavy atom. The number of hydrogen-bond donors (Lipinski definition) is 0. The highest BCUT2D eigenvalue weighted by Gasteiger charge is 2.20. The molecule has 10 aromatic rings. The fraction of sp³-hybridized carbons (Fsp3) is 0. The Morgan fingerprint density at radius 3 is 1.60 bits per heavy atom. The summed E-state index contributed by atoms with van der Waals surface area (Å²) in [7, 11) is 0. The van der Waals surface area contributed by atoms with Crippen LogP contribution in [0, 0.1) is 0 Å². The highest BCUT2D eigenvalue weighted by Crippen LogP contribution is 2.40. The number of nitrogens with zero attached hydrogens (tertiary/aromatic N) is 4. The Bertz CT molecular complexity index is 2830. The average molecular weight is 613 g/mol. The largest absolute Gasteiger partial charge is 0.309 e. The molecular formula is C44H28N4. The first-order chi connectivity index (χ1) is 23.8. The fourth-order valence-electron chi connectivity index (χ4n) is 7.36. The monoisotopic (exact) mass is 612 g/mol. The van der Waals surface area contributed by atoms with Crippen molar-refractivity contribution in [2.75, 3.05) is 0 Å². The van der Waals surface area contributed by atoms with E-state index in [0.29, 0.717) is 5.95 Å². The molecule has 48 heavy (non-hydrogen) atoms. The van der Waals surface area contributed by atoms with E-state index in [2.05, 4.69) is 179 Å². The second-order valence-electron chi connectivity index (χ2n) is 12.3. The van der Waals surface area contributed by atoms with E-state index in [9.17, 15) is 0 Å². The first-order valence-electron chi connectivity index (χ1n) is 16.3. The molecule has 4 nitrogen and oxygen atoms in total. The van der Waals surface area contributed by atoms with Crippen molar-refractivity contribution in [3.05, 3.63) is 170 Å². The number of benzene rings is 7. The molecule has 0 spiro atoms. The van der Waals surface area contributed by atoms with Gasteiger partial charge in [0.15, 0.2) is 0 Å². The molecule has 0 bridgehead atoms. The summed E-state index contributed by atoms with van der Waals surface area (Å²) < 4.78 is 4.62. The average Bonchev–Trinajstić information content (AvgIpc) is 3.66. The van der Waals surface area contributed by atoms with Crippen LogP contribution in [0.1, 0.15) is 0 Å². The van der Waals surface area contributed by atoms with Gasteiger partial charge >= 0.3 is 0 Å². The highest BCUT2D eigenvalue weighted by atomic mass is 15.2.